The molecule has 0 spiro atoms. The number of ether oxygens (including phenoxy) is 3. The molecule has 2 N–H and O–H groups in total. The summed E-state index contributed by atoms with van der Waals surface area (Å²) in [7, 11) is 1.48. The zero-order valence-corrected chi connectivity index (χ0v) is 16.2. The van der Waals surface area contributed by atoms with Crippen LogP contribution in [-0.2, 0) is 19.1 Å². The molecular formula is C19H24N4O6. The van der Waals surface area contributed by atoms with Crippen molar-refractivity contribution in [1.82, 2.24) is 15.6 Å². The third kappa shape index (κ3) is 6.18. The van der Waals surface area contributed by atoms with E-state index in [1.165, 1.54) is 13.3 Å². The monoisotopic (exact) mass is 404 g/mol. The standard InChI is InChI=1S/C19H24N4O6/c1-27-16-10-13(11-20-22-19(26)18(25)21-14-3-4-14)2-5-15(16)29-12-17(24)23-6-8-28-9-7-23/h2,5,10-11,14H,3-4,6-9,12H2,1H3,(H,21,25)(H,22,26)/b20-11-. The summed E-state index contributed by atoms with van der Waals surface area (Å²) in [5.41, 5.74) is 2.80. The van der Waals surface area contributed by atoms with Crippen LogP contribution in [0.1, 0.15) is 18.4 Å². The predicted molar refractivity (Wildman–Crippen MR) is 103 cm³/mol. The molecule has 156 valence electrons. The fourth-order valence-corrected chi connectivity index (χ4v) is 2.62. The molecule has 1 heterocycles. The van der Waals surface area contributed by atoms with Crippen LogP contribution < -0.4 is 20.2 Å². The average Bonchev–Trinajstić information content (AvgIpc) is 3.56. The van der Waals surface area contributed by atoms with Gasteiger partial charge in [-0.2, -0.15) is 5.10 Å². The van der Waals surface area contributed by atoms with Crippen molar-refractivity contribution in [2.24, 2.45) is 5.10 Å². The SMILES string of the molecule is COc1cc(/C=N\NC(=O)C(=O)NC2CC2)ccc1OCC(=O)N1CCOCC1. The minimum atomic E-state index is -0.818. The van der Waals surface area contributed by atoms with Gasteiger partial charge in [0.2, 0.25) is 0 Å². The minimum absolute atomic E-state index is 0.101. The van der Waals surface area contributed by atoms with Crippen molar-refractivity contribution in [1.29, 1.82) is 0 Å². The van der Waals surface area contributed by atoms with Crippen molar-refractivity contribution in [2.75, 3.05) is 40.0 Å². The second-order valence-corrected chi connectivity index (χ2v) is 6.64. The van der Waals surface area contributed by atoms with Gasteiger partial charge in [0.1, 0.15) is 0 Å². The number of rotatable bonds is 7. The second-order valence-electron chi connectivity index (χ2n) is 6.64. The van der Waals surface area contributed by atoms with Gasteiger partial charge in [0, 0.05) is 19.1 Å². The van der Waals surface area contributed by atoms with Gasteiger partial charge in [-0.3, -0.25) is 14.4 Å². The van der Waals surface area contributed by atoms with E-state index in [0.717, 1.165) is 12.8 Å². The highest BCUT2D eigenvalue weighted by molar-refractivity contribution is 6.35. The zero-order valence-electron chi connectivity index (χ0n) is 16.2. The van der Waals surface area contributed by atoms with Crippen LogP contribution >= 0.6 is 0 Å². The van der Waals surface area contributed by atoms with Gasteiger partial charge < -0.3 is 24.4 Å². The number of morpholine rings is 1. The van der Waals surface area contributed by atoms with Gasteiger partial charge in [0.25, 0.3) is 5.91 Å². The summed E-state index contributed by atoms with van der Waals surface area (Å²) in [5.74, 6) is -0.800. The van der Waals surface area contributed by atoms with Gasteiger partial charge in [0.05, 0.1) is 26.5 Å². The van der Waals surface area contributed by atoms with E-state index in [4.69, 9.17) is 14.2 Å². The maximum Gasteiger partial charge on any atom is 0.329 e. The van der Waals surface area contributed by atoms with E-state index in [1.54, 1.807) is 23.1 Å². The lowest BCUT2D eigenvalue weighted by Crippen LogP contribution is -2.43. The average molecular weight is 404 g/mol. The van der Waals surface area contributed by atoms with Gasteiger partial charge in [-0.05, 0) is 36.6 Å². The van der Waals surface area contributed by atoms with E-state index in [1.807, 2.05) is 0 Å². The number of amides is 3. The quantitative estimate of drug-likeness (QED) is 0.365. The molecule has 3 rings (SSSR count). The summed E-state index contributed by atoms with van der Waals surface area (Å²) >= 11 is 0. The van der Waals surface area contributed by atoms with Crippen LogP contribution in [0.4, 0.5) is 0 Å². The molecule has 2 fully saturated rings. The molecule has 1 aliphatic heterocycles. The number of hydrazone groups is 1. The first-order valence-corrected chi connectivity index (χ1v) is 9.37. The van der Waals surface area contributed by atoms with Crippen LogP contribution in [-0.4, -0.2) is 74.9 Å². The van der Waals surface area contributed by atoms with Crippen molar-refractivity contribution in [2.45, 2.75) is 18.9 Å². The highest BCUT2D eigenvalue weighted by Gasteiger charge is 2.26. The number of nitrogens with one attached hydrogen (secondary N) is 2. The van der Waals surface area contributed by atoms with E-state index in [2.05, 4.69) is 15.8 Å². The number of methoxy groups -OCH3 is 1. The van der Waals surface area contributed by atoms with Gasteiger partial charge >= 0.3 is 11.8 Å². The Morgan fingerprint density at radius 1 is 1.21 bits per heavy atom. The molecule has 0 bridgehead atoms. The van der Waals surface area contributed by atoms with Gasteiger partial charge in [0.15, 0.2) is 18.1 Å². The predicted octanol–water partition coefficient (Wildman–Crippen LogP) is -0.338. The molecule has 0 unspecified atom stereocenters. The number of carbonyl (C=O) groups excluding carboxylic acids is 3. The van der Waals surface area contributed by atoms with Crippen molar-refractivity contribution in [3.05, 3.63) is 23.8 Å². The van der Waals surface area contributed by atoms with E-state index in [0.29, 0.717) is 43.4 Å². The first-order valence-electron chi connectivity index (χ1n) is 9.37. The third-order valence-electron chi connectivity index (χ3n) is 4.40. The molecule has 0 aromatic heterocycles. The van der Waals surface area contributed by atoms with Gasteiger partial charge in [-0.25, -0.2) is 5.43 Å². The molecule has 1 aromatic carbocycles. The maximum atomic E-state index is 12.2. The largest absolute Gasteiger partial charge is 0.493 e. The fraction of sp³-hybridized carbons (Fsp3) is 0.474. The lowest BCUT2D eigenvalue weighted by atomic mass is 10.2. The fourth-order valence-electron chi connectivity index (χ4n) is 2.62. The highest BCUT2D eigenvalue weighted by Crippen LogP contribution is 2.27. The molecule has 1 saturated heterocycles. The number of carbonyl (C=O) groups is 3. The van der Waals surface area contributed by atoms with Crippen LogP contribution in [0.15, 0.2) is 23.3 Å². The second kappa shape index (κ2) is 9.87. The van der Waals surface area contributed by atoms with E-state index in [9.17, 15) is 14.4 Å². The Balaban J connectivity index is 1.51. The van der Waals surface area contributed by atoms with Gasteiger partial charge in [-0.1, -0.05) is 0 Å². The summed E-state index contributed by atoms with van der Waals surface area (Å²) in [6.45, 7) is 2.07. The Hall–Kier alpha value is -3.14. The summed E-state index contributed by atoms with van der Waals surface area (Å²) in [6.07, 6.45) is 3.18. The molecule has 29 heavy (non-hydrogen) atoms. The molecule has 10 heteroatoms. The van der Waals surface area contributed by atoms with Crippen molar-refractivity contribution >= 4 is 23.9 Å². The molecular weight excluding hydrogens is 380 g/mol. The molecule has 1 saturated carbocycles. The Morgan fingerprint density at radius 2 is 1.97 bits per heavy atom. The highest BCUT2D eigenvalue weighted by atomic mass is 16.5. The zero-order chi connectivity index (χ0) is 20.6. The van der Waals surface area contributed by atoms with Crippen LogP contribution in [0, 0.1) is 0 Å². The molecule has 10 nitrogen and oxygen atoms in total. The molecule has 1 aliphatic carbocycles. The number of hydrogen-bond acceptors (Lipinski definition) is 7. The first-order chi connectivity index (χ1) is 14.1. The van der Waals surface area contributed by atoms with E-state index in [-0.39, 0.29) is 18.6 Å². The Morgan fingerprint density at radius 3 is 2.66 bits per heavy atom. The van der Waals surface area contributed by atoms with Crippen molar-refractivity contribution in [3.8, 4) is 11.5 Å². The molecule has 1 aromatic rings. The van der Waals surface area contributed by atoms with Crippen LogP contribution in [0.2, 0.25) is 0 Å². The minimum Gasteiger partial charge on any atom is -0.493 e. The van der Waals surface area contributed by atoms with Gasteiger partial charge in [-0.15, -0.1) is 0 Å². The van der Waals surface area contributed by atoms with Crippen LogP contribution in [0.5, 0.6) is 11.5 Å². The summed E-state index contributed by atoms with van der Waals surface area (Å²) in [4.78, 5) is 37.1. The molecule has 2 aliphatic rings. The van der Waals surface area contributed by atoms with Crippen LogP contribution in [0.25, 0.3) is 0 Å². The Labute approximate surface area is 168 Å². The molecule has 3 amide bonds. The molecule has 0 radical (unpaired) electrons. The van der Waals surface area contributed by atoms with Crippen molar-refractivity contribution < 1.29 is 28.6 Å². The topological polar surface area (TPSA) is 119 Å². The van der Waals surface area contributed by atoms with Crippen LogP contribution in [0.3, 0.4) is 0 Å². The Bertz CT molecular complexity index is 787. The van der Waals surface area contributed by atoms with E-state index < -0.39 is 11.8 Å². The van der Waals surface area contributed by atoms with Crippen molar-refractivity contribution in [3.63, 3.8) is 0 Å². The Kier molecular flexibility index (Phi) is 7.01. The number of benzene rings is 1. The summed E-state index contributed by atoms with van der Waals surface area (Å²) in [5, 5.41) is 6.35. The summed E-state index contributed by atoms with van der Waals surface area (Å²) in [6, 6.07) is 5.09. The number of hydrogen-bond donors (Lipinski definition) is 2. The van der Waals surface area contributed by atoms with E-state index >= 15 is 0 Å². The smallest absolute Gasteiger partial charge is 0.329 e. The number of nitrogens with zero attached hydrogens (tertiary/aromatic N) is 2. The maximum absolute atomic E-state index is 12.2. The third-order valence-corrected chi connectivity index (χ3v) is 4.40. The normalized spacial score (nSPS) is 16.4. The lowest BCUT2D eigenvalue weighted by Gasteiger charge is -2.26. The lowest BCUT2D eigenvalue weighted by molar-refractivity contribution is -0.139. The molecule has 0 atom stereocenters. The summed E-state index contributed by atoms with van der Waals surface area (Å²) < 4.78 is 16.1. The first kappa shape index (κ1) is 20.6.